The number of methoxy groups -OCH3 is 1. The molecule has 0 radical (unpaired) electrons. The monoisotopic (exact) mass is 306 g/mol. The van der Waals surface area contributed by atoms with E-state index < -0.39 is 0 Å². The fourth-order valence-corrected chi connectivity index (χ4v) is 2.38. The smallest absolute Gasteiger partial charge is 0.251 e. The van der Waals surface area contributed by atoms with Crippen LogP contribution in [0.5, 0.6) is 0 Å². The summed E-state index contributed by atoms with van der Waals surface area (Å²) in [5.74, 6) is 0.826. The normalized spacial score (nSPS) is 17.3. The average molecular weight is 306 g/mol. The van der Waals surface area contributed by atoms with E-state index in [2.05, 4.69) is 27.1 Å². The van der Waals surface area contributed by atoms with E-state index in [0.717, 1.165) is 38.4 Å². The molecule has 0 saturated carbocycles. The van der Waals surface area contributed by atoms with Crippen LogP contribution in [0.1, 0.15) is 23.7 Å². The standard InChI is InChI=1S/C16H26N4O2/c1-13(22-3)4-6-18-16(21)14-5-7-17-15(12-14)20-10-8-19(2)9-11-20/h5,7,12-13H,4,6,8-11H2,1-3H3,(H,18,21)/t13-/m1/s1. The lowest BCUT2D eigenvalue weighted by Crippen LogP contribution is -2.44. The molecular formula is C16H26N4O2. The Kier molecular flexibility index (Phi) is 6.15. The van der Waals surface area contributed by atoms with Crippen molar-refractivity contribution < 1.29 is 9.53 Å². The fourth-order valence-electron chi connectivity index (χ4n) is 2.38. The molecule has 122 valence electrons. The first-order chi connectivity index (χ1) is 10.6. The van der Waals surface area contributed by atoms with Crippen molar-refractivity contribution >= 4 is 11.7 Å². The number of pyridine rings is 1. The lowest BCUT2D eigenvalue weighted by Gasteiger charge is -2.33. The molecule has 1 aromatic rings. The van der Waals surface area contributed by atoms with Gasteiger partial charge in [0.05, 0.1) is 6.10 Å². The number of likely N-dealkylation sites (N-methyl/N-ethyl adjacent to an activating group) is 1. The molecular weight excluding hydrogens is 280 g/mol. The Morgan fingerprint density at radius 1 is 1.41 bits per heavy atom. The number of aromatic nitrogens is 1. The molecule has 1 aromatic heterocycles. The maximum absolute atomic E-state index is 12.2. The SMILES string of the molecule is CO[C@H](C)CCNC(=O)c1ccnc(N2CCN(C)CC2)c1. The van der Waals surface area contributed by atoms with E-state index in [1.165, 1.54) is 0 Å². The van der Waals surface area contributed by atoms with Crippen molar-refractivity contribution in [3.8, 4) is 0 Å². The van der Waals surface area contributed by atoms with Crippen LogP contribution >= 0.6 is 0 Å². The highest BCUT2D eigenvalue weighted by atomic mass is 16.5. The van der Waals surface area contributed by atoms with E-state index in [0.29, 0.717) is 12.1 Å². The van der Waals surface area contributed by atoms with Gasteiger partial charge in [0.2, 0.25) is 0 Å². The van der Waals surface area contributed by atoms with E-state index in [1.807, 2.05) is 13.0 Å². The number of carbonyl (C=O) groups is 1. The first-order valence-corrected chi connectivity index (χ1v) is 7.80. The van der Waals surface area contributed by atoms with Gasteiger partial charge in [-0.05, 0) is 32.5 Å². The van der Waals surface area contributed by atoms with Gasteiger partial charge in [-0.2, -0.15) is 0 Å². The molecule has 1 amide bonds. The van der Waals surface area contributed by atoms with Crippen molar-refractivity contribution in [2.75, 3.05) is 51.8 Å². The van der Waals surface area contributed by atoms with Gasteiger partial charge in [0.1, 0.15) is 5.82 Å². The van der Waals surface area contributed by atoms with Crippen LogP contribution in [0, 0.1) is 0 Å². The fraction of sp³-hybridized carbons (Fsp3) is 0.625. The number of hydrogen-bond acceptors (Lipinski definition) is 5. The zero-order valence-electron chi connectivity index (χ0n) is 13.7. The Bertz CT molecular complexity index is 487. The van der Waals surface area contributed by atoms with Crippen LogP contribution in [0.15, 0.2) is 18.3 Å². The molecule has 6 nitrogen and oxygen atoms in total. The van der Waals surface area contributed by atoms with Crippen molar-refractivity contribution in [1.29, 1.82) is 0 Å². The minimum Gasteiger partial charge on any atom is -0.382 e. The number of amides is 1. The van der Waals surface area contributed by atoms with Gasteiger partial charge >= 0.3 is 0 Å². The molecule has 0 unspecified atom stereocenters. The van der Waals surface area contributed by atoms with E-state index in [1.54, 1.807) is 19.4 Å². The quantitative estimate of drug-likeness (QED) is 0.849. The van der Waals surface area contributed by atoms with E-state index >= 15 is 0 Å². The predicted octanol–water partition coefficient (Wildman–Crippen LogP) is 0.988. The molecule has 1 aliphatic heterocycles. The maximum Gasteiger partial charge on any atom is 0.251 e. The summed E-state index contributed by atoms with van der Waals surface area (Å²) in [5.41, 5.74) is 0.661. The number of nitrogens with zero attached hydrogens (tertiary/aromatic N) is 3. The number of nitrogens with one attached hydrogen (secondary N) is 1. The highest BCUT2D eigenvalue weighted by molar-refractivity contribution is 5.94. The van der Waals surface area contributed by atoms with Gasteiger partial charge in [-0.3, -0.25) is 4.79 Å². The van der Waals surface area contributed by atoms with Crippen LogP contribution in [-0.2, 0) is 4.74 Å². The summed E-state index contributed by atoms with van der Waals surface area (Å²) >= 11 is 0. The van der Waals surface area contributed by atoms with Gasteiger partial charge in [0.15, 0.2) is 0 Å². The number of piperazine rings is 1. The molecule has 6 heteroatoms. The summed E-state index contributed by atoms with van der Waals surface area (Å²) in [6.45, 7) is 6.53. The molecule has 0 aliphatic carbocycles. The summed E-state index contributed by atoms with van der Waals surface area (Å²) in [7, 11) is 3.80. The average Bonchev–Trinajstić information content (AvgIpc) is 2.55. The Balaban J connectivity index is 1.91. The number of ether oxygens (including phenoxy) is 1. The third-order valence-corrected chi connectivity index (χ3v) is 4.07. The van der Waals surface area contributed by atoms with Gasteiger partial charge in [-0.15, -0.1) is 0 Å². The van der Waals surface area contributed by atoms with Crippen molar-refractivity contribution in [2.24, 2.45) is 0 Å². The van der Waals surface area contributed by atoms with E-state index in [9.17, 15) is 4.79 Å². The summed E-state index contributed by atoms with van der Waals surface area (Å²) in [6.07, 6.45) is 2.66. The Morgan fingerprint density at radius 2 is 2.14 bits per heavy atom. The van der Waals surface area contributed by atoms with Crippen molar-refractivity contribution in [1.82, 2.24) is 15.2 Å². The first-order valence-electron chi connectivity index (χ1n) is 7.80. The Hall–Kier alpha value is -1.66. The van der Waals surface area contributed by atoms with Gasteiger partial charge in [0.25, 0.3) is 5.91 Å². The summed E-state index contributed by atoms with van der Waals surface area (Å²) in [5, 5.41) is 2.93. The summed E-state index contributed by atoms with van der Waals surface area (Å²) < 4.78 is 5.17. The molecule has 0 spiro atoms. The summed E-state index contributed by atoms with van der Waals surface area (Å²) in [4.78, 5) is 21.1. The number of rotatable bonds is 6. The molecule has 1 aliphatic rings. The molecule has 1 N–H and O–H groups in total. The maximum atomic E-state index is 12.2. The lowest BCUT2D eigenvalue weighted by atomic mass is 10.2. The van der Waals surface area contributed by atoms with Gasteiger partial charge in [0, 0.05) is 51.6 Å². The Morgan fingerprint density at radius 3 is 2.82 bits per heavy atom. The second kappa shape index (κ2) is 8.10. The van der Waals surface area contributed by atoms with E-state index in [4.69, 9.17) is 4.74 Å². The van der Waals surface area contributed by atoms with Gasteiger partial charge < -0.3 is 19.9 Å². The highest BCUT2D eigenvalue weighted by Gasteiger charge is 2.16. The largest absolute Gasteiger partial charge is 0.382 e. The second-order valence-electron chi connectivity index (χ2n) is 5.78. The van der Waals surface area contributed by atoms with Crippen molar-refractivity contribution in [3.63, 3.8) is 0 Å². The van der Waals surface area contributed by atoms with E-state index in [-0.39, 0.29) is 12.0 Å². The second-order valence-corrected chi connectivity index (χ2v) is 5.78. The molecule has 1 fully saturated rings. The van der Waals surface area contributed by atoms with Crippen molar-refractivity contribution in [2.45, 2.75) is 19.4 Å². The molecule has 0 aromatic carbocycles. The third kappa shape index (κ3) is 4.68. The van der Waals surface area contributed by atoms with Crippen LogP contribution in [0.3, 0.4) is 0 Å². The van der Waals surface area contributed by atoms with Crippen LogP contribution in [0.2, 0.25) is 0 Å². The minimum atomic E-state index is -0.0546. The third-order valence-electron chi connectivity index (χ3n) is 4.07. The van der Waals surface area contributed by atoms with Crippen molar-refractivity contribution in [3.05, 3.63) is 23.9 Å². The predicted molar refractivity (Wildman–Crippen MR) is 87.4 cm³/mol. The van der Waals surface area contributed by atoms with Crippen LogP contribution in [-0.4, -0.2) is 68.8 Å². The molecule has 22 heavy (non-hydrogen) atoms. The Labute approximate surface area is 132 Å². The molecule has 1 atom stereocenters. The summed E-state index contributed by atoms with van der Waals surface area (Å²) in [6, 6.07) is 3.63. The molecule has 0 bridgehead atoms. The van der Waals surface area contributed by atoms with Gasteiger partial charge in [-0.1, -0.05) is 0 Å². The van der Waals surface area contributed by atoms with Crippen LogP contribution in [0.25, 0.3) is 0 Å². The lowest BCUT2D eigenvalue weighted by molar-refractivity contribution is 0.0918. The topological polar surface area (TPSA) is 57.7 Å². The number of hydrogen-bond donors (Lipinski definition) is 1. The molecule has 2 heterocycles. The number of carbonyl (C=O) groups excluding carboxylic acids is 1. The van der Waals surface area contributed by atoms with Gasteiger partial charge in [-0.25, -0.2) is 4.98 Å². The van der Waals surface area contributed by atoms with Crippen LogP contribution in [0.4, 0.5) is 5.82 Å². The van der Waals surface area contributed by atoms with Crippen LogP contribution < -0.4 is 10.2 Å². The molecule has 2 rings (SSSR count). The first kappa shape index (κ1) is 16.7. The highest BCUT2D eigenvalue weighted by Crippen LogP contribution is 2.14. The molecule has 1 saturated heterocycles. The number of anilines is 1. The zero-order valence-corrected chi connectivity index (χ0v) is 13.7. The minimum absolute atomic E-state index is 0.0546. The zero-order chi connectivity index (χ0) is 15.9.